The Bertz CT molecular complexity index is 355. The second-order valence-corrected chi connectivity index (χ2v) is 6.04. The van der Waals surface area contributed by atoms with E-state index in [-0.39, 0.29) is 5.41 Å². The normalized spacial score (nSPS) is 22.1. The molecule has 2 nitrogen and oxygen atoms in total. The van der Waals surface area contributed by atoms with Gasteiger partial charge in [0.05, 0.1) is 6.61 Å². The molecule has 1 fully saturated rings. The van der Waals surface area contributed by atoms with E-state index >= 15 is 0 Å². The smallest absolute Gasteiger partial charge is 0.0509 e. The quantitative estimate of drug-likeness (QED) is 0.863. The number of hydrogen-bond acceptors (Lipinski definition) is 2. The Morgan fingerprint density at radius 3 is 2.67 bits per heavy atom. The summed E-state index contributed by atoms with van der Waals surface area (Å²) in [5.74, 6) is 0.677. The van der Waals surface area contributed by atoms with Crippen molar-refractivity contribution in [3.63, 3.8) is 0 Å². The zero-order valence-corrected chi connectivity index (χ0v) is 11.8. The first-order chi connectivity index (χ1) is 8.59. The SMILES string of the molecule is CC(NCC(C)(C)c1ccccc1)C1CCOC1. The topological polar surface area (TPSA) is 21.3 Å². The molecule has 1 heterocycles. The van der Waals surface area contributed by atoms with Gasteiger partial charge in [0.25, 0.3) is 0 Å². The molecular weight excluding hydrogens is 222 g/mol. The van der Waals surface area contributed by atoms with Crippen molar-refractivity contribution in [3.8, 4) is 0 Å². The van der Waals surface area contributed by atoms with Crippen LogP contribution in [-0.4, -0.2) is 25.8 Å². The van der Waals surface area contributed by atoms with Crippen LogP contribution in [0.25, 0.3) is 0 Å². The molecule has 0 aliphatic carbocycles. The van der Waals surface area contributed by atoms with Gasteiger partial charge in [-0.05, 0) is 24.8 Å². The summed E-state index contributed by atoms with van der Waals surface area (Å²) in [6.45, 7) is 9.73. The molecule has 0 radical (unpaired) electrons. The lowest BCUT2D eigenvalue weighted by Crippen LogP contribution is -2.41. The van der Waals surface area contributed by atoms with Crippen LogP contribution in [0.4, 0.5) is 0 Å². The van der Waals surface area contributed by atoms with E-state index in [2.05, 4.69) is 56.4 Å². The zero-order valence-electron chi connectivity index (χ0n) is 11.8. The van der Waals surface area contributed by atoms with E-state index in [1.54, 1.807) is 0 Å². The van der Waals surface area contributed by atoms with Crippen molar-refractivity contribution >= 4 is 0 Å². The van der Waals surface area contributed by atoms with Crippen LogP contribution in [0.1, 0.15) is 32.8 Å². The number of ether oxygens (including phenoxy) is 1. The van der Waals surface area contributed by atoms with Crippen molar-refractivity contribution in [2.75, 3.05) is 19.8 Å². The maximum absolute atomic E-state index is 5.45. The molecular formula is C16H25NO. The summed E-state index contributed by atoms with van der Waals surface area (Å²) in [5.41, 5.74) is 1.57. The molecule has 18 heavy (non-hydrogen) atoms. The van der Waals surface area contributed by atoms with Gasteiger partial charge in [-0.25, -0.2) is 0 Å². The summed E-state index contributed by atoms with van der Waals surface area (Å²) in [6, 6.07) is 11.3. The van der Waals surface area contributed by atoms with Crippen molar-refractivity contribution < 1.29 is 4.74 Å². The molecule has 1 aliphatic heterocycles. The molecule has 1 saturated heterocycles. The zero-order chi connectivity index (χ0) is 13.0. The van der Waals surface area contributed by atoms with Gasteiger partial charge in [0, 0.05) is 24.6 Å². The maximum Gasteiger partial charge on any atom is 0.0509 e. The van der Waals surface area contributed by atoms with Crippen LogP contribution in [-0.2, 0) is 10.2 Å². The molecule has 2 rings (SSSR count). The molecule has 1 aromatic carbocycles. The second-order valence-electron chi connectivity index (χ2n) is 6.04. The van der Waals surface area contributed by atoms with Gasteiger partial charge in [0.1, 0.15) is 0 Å². The van der Waals surface area contributed by atoms with Gasteiger partial charge in [-0.15, -0.1) is 0 Å². The number of benzene rings is 1. The Morgan fingerprint density at radius 2 is 2.06 bits per heavy atom. The lowest BCUT2D eigenvalue weighted by Gasteiger charge is -2.29. The molecule has 0 amide bonds. The first kappa shape index (κ1) is 13.6. The third kappa shape index (κ3) is 3.33. The van der Waals surface area contributed by atoms with E-state index in [0.29, 0.717) is 12.0 Å². The first-order valence-electron chi connectivity index (χ1n) is 6.96. The molecule has 0 bridgehead atoms. The Labute approximate surface area is 111 Å². The molecule has 100 valence electrons. The summed E-state index contributed by atoms with van der Waals surface area (Å²) in [6.07, 6.45) is 1.19. The predicted octanol–water partition coefficient (Wildman–Crippen LogP) is 2.98. The minimum atomic E-state index is 0.176. The van der Waals surface area contributed by atoms with Gasteiger partial charge in [0.15, 0.2) is 0 Å². The van der Waals surface area contributed by atoms with E-state index < -0.39 is 0 Å². The molecule has 0 saturated carbocycles. The lowest BCUT2D eigenvalue weighted by atomic mass is 9.84. The van der Waals surface area contributed by atoms with Crippen molar-refractivity contribution in [1.29, 1.82) is 0 Å². The van der Waals surface area contributed by atoms with Crippen molar-refractivity contribution in [2.45, 2.75) is 38.6 Å². The Kier molecular flexibility index (Phi) is 4.41. The average molecular weight is 247 g/mol. The minimum absolute atomic E-state index is 0.176. The number of rotatable bonds is 5. The van der Waals surface area contributed by atoms with E-state index in [1.165, 1.54) is 12.0 Å². The van der Waals surface area contributed by atoms with E-state index in [0.717, 1.165) is 19.8 Å². The molecule has 1 aromatic rings. The highest BCUT2D eigenvalue weighted by Crippen LogP contribution is 2.23. The molecule has 2 unspecified atom stereocenters. The van der Waals surface area contributed by atoms with Crippen molar-refractivity contribution in [1.82, 2.24) is 5.32 Å². The van der Waals surface area contributed by atoms with Gasteiger partial charge in [-0.2, -0.15) is 0 Å². The highest BCUT2D eigenvalue weighted by molar-refractivity contribution is 5.23. The Hall–Kier alpha value is -0.860. The van der Waals surface area contributed by atoms with Crippen LogP contribution in [0.15, 0.2) is 30.3 Å². The van der Waals surface area contributed by atoms with E-state index in [9.17, 15) is 0 Å². The fraction of sp³-hybridized carbons (Fsp3) is 0.625. The van der Waals surface area contributed by atoms with Crippen molar-refractivity contribution in [3.05, 3.63) is 35.9 Å². The molecule has 1 aliphatic rings. The van der Waals surface area contributed by atoms with Crippen LogP contribution in [0.2, 0.25) is 0 Å². The van der Waals surface area contributed by atoms with Gasteiger partial charge < -0.3 is 10.1 Å². The molecule has 1 N–H and O–H groups in total. The van der Waals surface area contributed by atoms with Crippen LogP contribution in [0.3, 0.4) is 0 Å². The number of hydrogen-bond donors (Lipinski definition) is 1. The van der Waals surface area contributed by atoms with Crippen LogP contribution in [0, 0.1) is 5.92 Å². The summed E-state index contributed by atoms with van der Waals surface area (Å²) in [4.78, 5) is 0. The van der Waals surface area contributed by atoms with E-state index in [1.807, 2.05) is 0 Å². The minimum Gasteiger partial charge on any atom is -0.381 e. The number of nitrogens with one attached hydrogen (secondary N) is 1. The Balaban J connectivity index is 1.88. The van der Waals surface area contributed by atoms with Gasteiger partial charge in [-0.1, -0.05) is 44.2 Å². The summed E-state index contributed by atoms with van der Waals surface area (Å²) < 4.78 is 5.45. The molecule has 0 spiro atoms. The molecule has 2 atom stereocenters. The molecule has 2 heteroatoms. The van der Waals surface area contributed by atoms with Gasteiger partial charge in [0.2, 0.25) is 0 Å². The van der Waals surface area contributed by atoms with Crippen LogP contribution < -0.4 is 5.32 Å². The predicted molar refractivity (Wildman–Crippen MR) is 75.9 cm³/mol. The lowest BCUT2D eigenvalue weighted by molar-refractivity contribution is 0.177. The third-order valence-electron chi connectivity index (χ3n) is 4.09. The van der Waals surface area contributed by atoms with Crippen LogP contribution in [0.5, 0.6) is 0 Å². The fourth-order valence-corrected chi connectivity index (χ4v) is 2.52. The van der Waals surface area contributed by atoms with Gasteiger partial charge in [-0.3, -0.25) is 0 Å². The second kappa shape index (κ2) is 5.85. The Morgan fingerprint density at radius 1 is 1.33 bits per heavy atom. The third-order valence-corrected chi connectivity index (χ3v) is 4.09. The average Bonchev–Trinajstić information content (AvgIpc) is 2.91. The fourth-order valence-electron chi connectivity index (χ4n) is 2.52. The summed E-state index contributed by atoms with van der Waals surface area (Å²) in [5, 5.41) is 3.68. The highest BCUT2D eigenvalue weighted by Gasteiger charge is 2.25. The monoisotopic (exact) mass is 247 g/mol. The van der Waals surface area contributed by atoms with Crippen molar-refractivity contribution in [2.24, 2.45) is 5.92 Å². The maximum atomic E-state index is 5.45. The largest absolute Gasteiger partial charge is 0.381 e. The summed E-state index contributed by atoms with van der Waals surface area (Å²) in [7, 11) is 0. The first-order valence-corrected chi connectivity index (χ1v) is 6.96. The highest BCUT2D eigenvalue weighted by atomic mass is 16.5. The van der Waals surface area contributed by atoms with Gasteiger partial charge >= 0.3 is 0 Å². The molecule has 0 aromatic heterocycles. The standard InChI is InChI=1S/C16H25NO/c1-13(14-9-10-18-11-14)17-12-16(2,3)15-7-5-4-6-8-15/h4-8,13-14,17H,9-12H2,1-3H3. The van der Waals surface area contributed by atoms with E-state index in [4.69, 9.17) is 4.74 Å². The summed E-state index contributed by atoms with van der Waals surface area (Å²) >= 11 is 0. The van der Waals surface area contributed by atoms with Crippen LogP contribution >= 0.6 is 0 Å².